The summed E-state index contributed by atoms with van der Waals surface area (Å²) in [5, 5.41) is 0. The molecule has 114 valence electrons. The van der Waals surface area contributed by atoms with E-state index in [1.165, 1.54) is 0 Å². The Balaban J connectivity index is 1.81. The molecule has 2 fully saturated rings. The van der Waals surface area contributed by atoms with Crippen LogP contribution in [0.25, 0.3) is 0 Å². The Morgan fingerprint density at radius 2 is 1.80 bits per heavy atom. The Hall–Kier alpha value is -1.30. The molecule has 0 spiro atoms. The summed E-state index contributed by atoms with van der Waals surface area (Å²) < 4.78 is 4.97. The van der Waals surface area contributed by atoms with E-state index in [1.807, 2.05) is 4.90 Å². The number of rotatable bonds is 2. The molecule has 1 saturated heterocycles. The normalized spacial score (nSPS) is 27.3. The molecule has 2 unspecified atom stereocenters. The van der Waals surface area contributed by atoms with Gasteiger partial charge in [0.2, 0.25) is 5.91 Å². The number of nitrogens with two attached hydrogens (primary N) is 1. The van der Waals surface area contributed by atoms with Crippen molar-refractivity contribution in [3.05, 3.63) is 0 Å². The molecule has 0 radical (unpaired) electrons. The number of carbonyl (C=O) groups excluding carboxylic acids is 2. The van der Waals surface area contributed by atoms with E-state index in [4.69, 9.17) is 10.5 Å². The Labute approximate surface area is 120 Å². The average Bonchev–Trinajstić information content (AvgIpc) is 2.47. The average molecular weight is 283 g/mol. The van der Waals surface area contributed by atoms with Crippen molar-refractivity contribution in [1.82, 2.24) is 9.80 Å². The molecule has 20 heavy (non-hydrogen) atoms. The molecular formula is C14H25N3O3. The Morgan fingerprint density at radius 1 is 1.15 bits per heavy atom. The van der Waals surface area contributed by atoms with Crippen molar-refractivity contribution in [3.63, 3.8) is 0 Å². The second-order valence-corrected chi connectivity index (χ2v) is 5.63. The highest BCUT2D eigenvalue weighted by atomic mass is 16.6. The lowest BCUT2D eigenvalue weighted by Gasteiger charge is -2.37. The van der Waals surface area contributed by atoms with Crippen molar-refractivity contribution < 1.29 is 14.3 Å². The summed E-state index contributed by atoms with van der Waals surface area (Å²) in [6, 6.07) is 0.165. The minimum atomic E-state index is -0.278. The largest absolute Gasteiger partial charge is 0.450 e. The lowest BCUT2D eigenvalue weighted by atomic mass is 9.85. The van der Waals surface area contributed by atoms with Crippen LogP contribution in [-0.4, -0.2) is 60.6 Å². The van der Waals surface area contributed by atoms with E-state index in [2.05, 4.69) is 0 Å². The molecule has 2 atom stereocenters. The first-order valence-electron chi connectivity index (χ1n) is 7.58. The van der Waals surface area contributed by atoms with E-state index >= 15 is 0 Å². The van der Waals surface area contributed by atoms with Crippen molar-refractivity contribution in [2.24, 2.45) is 11.7 Å². The molecule has 1 aliphatic carbocycles. The van der Waals surface area contributed by atoms with Gasteiger partial charge in [0.05, 0.1) is 6.61 Å². The first-order chi connectivity index (χ1) is 9.61. The predicted molar refractivity (Wildman–Crippen MR) is 75.1 cm³/mol. The maximum atomic E-state index is 12.4. The molecular weight excluding hydrogens is 258 g/mol. The second-order valence-electron chi connectivity index (χ2n) is 5.63. The van der Waals surface area contributed by atoms with Crippen molar-refractivity contribution in [2.75, 3.05) is 32.8 Å². The second kappa shape index (κ2) is 6.92. The van der Waals surface area contributed by atoms with Gasteiger partial charge in [0.15, 0.2) is 0 Å². The number of ether oxygens (including phenoxy) is 1. The molecule has 0 aromatic carbocycles. The fourth-order valence-electron chi connectivity index (χ4n) is 3.03. The zero-order chi connectivity index (χ0) is 14.5. The van der Waals surface area contributed by atoms with Crippen LogP contribution in [0.15, 0.2) is 0 Å². The molecule has 6 heteroatoms. The summed E-state index contributed by atoms with van der Waals surface area (Å²) in [4.78, 5) is 27.6. The fraction of sp³-hybridized carbons (Fsp3) is 0.857. The maximum Gasteiger partial charge on any atom is 0.409 e. The Kier molecular flexibility index (Phi) is 5.23. The van der Waals surface area contributed by atoms with Crippen LogP contribution in [0.4, 0.5) is 4.79 Å². The number of hydrogen-bond donors (Lipinski definition) is 1. The number of amides is 2. The van der Waals surface area contributed by atoms with Gasteiger partial charge in [-0.05, 0) is 26.2 Å². The standard InChI is InChI=1S/C14H25N3O3/c1-2-20-14(19)17-8-6-16(7-9-17)13(18)11-4-3-5-12(15)10-11/h11-12H,2-10,15H2,1H3. The van der Waals surface area contributed by atoms with E-state index in [-0.39, 0.29) is 24.0 Å². The van der Waals surface area contributed by atoms with E-state index in [9.17, 15) is 9.59 Å². The number of carbonyl (C=O) groups is 2. The highest BCUT2D eigenvalue weighted by Crippen LogP contribution is 2.25. The summed E-state index contributed by atoms with van der Waals surface area (Å²) >= 11 is 0. The third-order valence-corrected chi connectivity index (χ3v) is 4.18. The smallest absolute Gasteiger partial charge is 0.409 e. The summed E-state index contributed by atoms with van der Waals surface area (Å²) in [6.07, 6.45) is 3.54. The maximum absolute atomic E-state index is 12.4. The molecule has 2 aliphatic rings. The van der Waals surface area contributed by atoms with Crippen molar-refractivity contribution in [3.8, 4) is 0 Å². The van der Waals surface area contributed by atoms with Gasteiger partial charge < -0.3 is 20.3 Å². The number of piperazine rings is 1. The minimum absolute atomic E-state index is 0.0768. The molecule has 2 amide bonds. The lowest BCUT2D eigenvalue weighted by Crippen LogP contribution is -2.52. The summed E-state index contributed by atoms with van der Waals surface area (Å²) in [5.74, 6) is 0.288. The van der Waals surface area contributed by atoms with Crippen LogP contribution in [-0.2, 0) is 9.53 Å². The van der Waals surface area contributed by atoms with E-state index in [0.29, 0.717) is 32.8 Å². The molecule has 1 saturated carbocycles. The van der Waals surface area contributed by atoms with Crippen LogP contribution in [0.3, 0.4) is 0 Å². The molecule has 1 aliphatic heterocycles. The predicted octanol–water partition coefficient (Wildman–Crippen LogP) is 0.805. The zero-order valence-corrected chi connectivity index (χ0v) is 12.2. The molecule has 0 bridgehead atoms. The SMILES string of the molecule is CCOC(=O)N1CCN(C(=O)C2CCCC(N)C2)CC1. The Morgan fingerprint density at radius 3 is 2.40 bits per heavy atom. The Bertz CT molecular complexity index is 354. The van der Waals surface area contributed by atoms with Crippen LogP contribution < -0.4 is 5.73 Å². The van der Waals surface area contributed by atoms with E-state index in [0.717, 1.165) is 25.7 Å². The summed E-state index contributed by atoms with van der Waals surface area (Å²) in [5.41, 5.74) is 5.95. The molecule has 1 heterocycles. The first kappa shape index (κ1) is 15.1. The molecule has 6 nitrogen and oxygen atoms in total. The molecule has 0 aromatic rings. The lowest BCUT2D eigenvalue weighted by molar-refractivity contribution is -0.138. The van der Waals surface area contributed by atoms with Crippen molar-refractivity contribution in [1.29, 1.82) is 0 Å². The zero-order valence-electron chi connectivity index (χ0n) is 12.2. The third kappa shape index (κ3) is 3.62. The van der Waals surface area contributed by atoms with Gasteiger partial charge in [0, 0.05) is 38.1 Å². The van der Waals surface area contributed by atoms with Crippen LogP contribution >= 0.6 is 0 Å². The fourth-order valence-corrected chi connectivity index (χ4v) is 3.03. The van der Waals surface area contributed by atoms with Gasteiger partial charge in [-0.25, -0.2) is 4.79 Å². The van der Waals surface area contributed by atoms with Gasteiger partial charge in [0.25, 0.3) is 0 Å². The van der Waals surface area contributed by atoms with Crippen molar-refractivity contribution in [2.45, 2.75) is 38.6 Å². The third-order valence-electron chi connectivity index (χ3n) is 4.18. The van der Waals surface area contributed by atoms with Gasteiger partial charge in [0.1, 0.15) is 0 Å². The monoisotopic (exact) mass is 283 g/mol. The molecule has 2 rings (SSSR count). The van der Waals surface area contributed by atoms with Gasteiger partial charge in [-0.1, -0.05) is 6.42 Å². The van der Waals surface area contributed by atoms with Crippen LogP contribution in [0.5, 0.6) is 0 Å². The summed E-state index contributed by atoms with van der Waals surface area (Å²) in [7, 11) is 0. The number of nitrogens with zero attached hydrogens (tertiary/aromatic N) is 2. The number of hydrogen-bond acceptors (Lipinski definition) is 4. The van der Waals surface area contributed by atoms with Crippen LogP contribution in [0.1, 0.15) is 32.6 Å². The quantitative estimate of drug-likeness (QED) is 0.813. The van der Waals surface area contributed by atoms with Crippen LogP contribution in [0, 0.1) is 5.92 Å². The molecule has 0 aromatic heterocycles. The van der Waals surface area contributed by atoms with Gasteiger partial charge in [-0.3, -0.25) is 4.79 Å². The molecule has 2 N–H and O–H groups in total. The van der Waals surface area contributed by atoms with Gasteiger partial charge >= 0.3 is 6.09 Å². The topological polar surface area (TPSA) is 75.9 Å². The first-order valence-corrected chi connectivity index (χ1v) is 7.58. The van der Waals surface area contributed by atoms with Crippen LogP contribution in [0.2, 0.25) is 0 Å². The van der Waals surface area contributed by atoms with Gasteiger partial charge in [-0.2, -0.15) is 0 Å². The highest BCUT2D eigenvalue weighted by Gasteiger charge is 2.31. The summed E-state index contributed by atoms with van der Waals surface area (Å²) in [6.45, 7) is 4.50. The van der Waals surface area contributed by atoms with E-state index < -0.39 is 0 Å². The highest BCUT2D eigenvalue weighted by molar-refractivity contribution is 5.79. The minimum Gasteiger partial charge on any atom is -0.450 e. The van der Waals surface area contributed by atoms with E-state index in [1.54, 1.807) is 11.8 Å². The van der Waals surface area contributed by atoms with Crippen molar-refractivity contribution >= 4 is 12.0 Å². The van der Waals surface area contributed by atoms with Gasteiger partial charge in [-0.15, -0.1) is 0 Å².